The van der Waals surface area contributed by atoms with Gasteiger partial charge in [-0.15, -0.1) is 0 Å². The minimum atomic E-state index is -3.46. The summed E-state index contributed by atoms with van der Waals surface area (Å²) in [5.41, 5.74) is 0. The van der Waals surface area contributed by atoms with Crippen LogP contribution in [0.1, 0.15) is 32.1 Å². The molecule has 2 fully saturated rings. The van der Waals surface area contributed by atoms with E-state index in [0.717, 1.165) is 32.4 Å². The van der Waals surface area contributed by atoms with Crippen molar-refractivity contribution in [1.29, 1.82) is 0 Å². The fourth-order valence-electron chi connectivity index (χ4n) is 3.22. The van der Waals surface area contributed by atoms with Gasteiger partial charge in [-0.1, -0.05) is 6.42 Å². The molecule has 2 aliphatic rings. The first kappa shape index (κ1) is 14.0. The van der Waals surface area contributed by atoms with E-state index >= 15 is 0 Å². The summed E-state index contributed by atoms with van der Waals surface area (Å²) in [5.74, 6) is 0. The van der Waals surface area contributed by atoms with E-state index in [4.69, 9.17) is 0 Å². The van der Waals surface area contributed by atoms with Gasteiger partial charge < -0.3 is 4.98 Å². The minimum absolute atomic E-state index is 0.0690. The lowest BCUT2D eigenvalue weighted by molar-refractivity contribution is 0.208. The smallest absolute Gasteiger partial charge is 0.276 e. The van der Waals surface area contributed by atoms with Crippen molar-refractivity contribution in [3.63, 3.8) is 0 Å². The number of sulfonamides is 1. The summed E-state index contributed by atoms with van der Waals surface area (Å²) in [5, 5.41) is 0.0690. The van der Waals surface area contributed by atoms with E-state index in [1.807, 2.05) is 0 Å². The average Bonchev–Trinajstić information content (AvgIpc) is 3.08. The predicted octanol–water partition coefficient (Wildman–Crippen LogP) is 1.05. The van der Waals surface area contributed by atoms with Gasteiger partial charge in [0.15, 0.2) is 0 Å². The monoisotopic (exact) mass is 298 g/mol. The molecule has 3 heterocycles. The molecular weight excluding hydrogens is 276 g/mol. The molecule has 0 saturated carbocycles. The number of aromatic nitrogens is 2. The van der Waals surface area contributed by atoms with Crippen LogP contribution in [0.4, 0.5) is 0 Å². The SMILES string of the molecule is O=S(=O)(c1ncc[nH]1)N1CCCCC(N2CCCC2)C1. The highest BCUT2D eigenvalue weighted by molar-refractivity contribution is 7.88. The molecule has 1 atom stereocenters. The van der Waals surface area contributed by atoms with Gasteiger partial charge in [0.2, 0.25) is 5.16 Å². The van der Waals surface area contributed by atoms with Gasteiger partial charge in [0.05, 0.1) is 0 Å². The Balaban J connectivity index is 1.78. The van der Waals surface area contributed by atoms with E-state index in [2.05, 4.69) is 14.9 Å². The maximum absolute atomic E-state index is 12.6. The Labute approximate surface area is 120 Å². The highest BCUT2D eigenvalue weighted by Crippen LogP contribution is 2.23. The molecule has 1 unspecified atom stereocenters. The number of rotatable bonds is 3. The van der Waals surface area contributed by atoms with Crippen molar-refractivity contribution in [3.8, 4) is 0 Å². The number of imidazole rings is 1. The second kappa shape index (κ2) is 5.83. The molecule has 6 nitrogen and oxygen atoms in total. The number of likely N-dealkylation sites (tertiary alicyclic amines) is 1. The Morgan fingerprint density at radius 2 is 1.90 bits per heavy atom. The van der Waals surface area contributed by atoms with Crippen molar-refractivity contribution >= 4 is 10.0 Å². The molecule has 0 spiro atoms. The Hall–Kier alpha value is -0.920. The van der Waals surface area contributed by atoms with E-state index in [1.165, 1.54) is 19.0 Å². The third-order valence-electron chi connectivity index (χ3n) is 4.32. The first-order chi connectivity index (χ1) is 9.68. The maximum Gasteiger partial charge on any atom is 0.276 e. The molecular formula is C13H22N4O2S. The Morgan fingerprint density at radius 3 is 2.60 bits per heavy atom. The van der Waals surface area contributed by atoms with Gasteiger partial charge in [0.25, 0.3) is 10.0 Å². The zero-order chi connectivity index (χ0) is 14.0. The van der Waals surface area contributed by atoms with Crippen LogP contribution >= 0.6 is 0 Å². The number of H-pyrrole nitrogens is 1. The number of hydrogen-bond donors (Lipinski definition) is 1. The lowest BCUT2D eigenvalue weighted by Crippen LogP contribution is -2.43. The van der Waals surface area contributed by atoms with E-state index < -0.39 is 10.0 Å². The van der Waals surface area contributed by atoms with E-state index in [-0.39, 0.29) is 5.16 Å². The summed E-state index contributed by atoms with van der Waals surface area (Å²) in [7, 11) is -3.46. The molecule has 1 aromatic heterocycles. The summed E-state index contributed by atoms with van der Waals surface area (Å²) in [6.45, 7) is 3.43. The lowest BCUT2D eigenvalue weighted by Gasteiger charge is -2.29. The fraction of sp³-hybridized carbons (Fsp3) is 0.769. The standard InChI is InChI=1S/C13H22N4O2S/c18-20(19,13-14-6-7-15-13)17-10-2-1-5-12(11-17)16-8-3-4-9-16/h6-7,12H,1-5,8-11H2,(H,14,15). The van der Waals surface area contributed by atoms with Crippen molar-refractivity contribution < 1.29 is 8.42 Å². The first-order valence-electron chi connectivity index (χ1n) is 7.41. The van der Waals surface area contributed by atoms with Gasteiger partial charge in [-0.3, -0.25) is 4.90 Å². The normalized spacial score (nSPS) is 26.7. The van der Waals surface area contributed by atoms with Crippen LogP contribution in [0.3, 0.4) is 0 Å². The second-order valence-corrected chi connectivity index (χ2v) is 7.50. The molecule has 0 bridgehead atoms. The van der Waals surface area contributed by atoms with Crippen LogP contribution in [-0.4, -0.2) is 59.8 Å². The second-order valence-electron chi connectivity index (χ2n) is 5.65. The fourth-order valence-corrected chi connectivity index (χ4v) is 4.62. The molecule has 0 aliphatic carbocycles. The number of aromatic amines is 1. The zero-order valence-corrected chi connectivity index (χ0v) is 12.5. The quantitative estimate of drug-likeness (QED) is 0.905. The number of nitrogens with one attached hydrogen (secondary N) is 1. The highest BCUT2D eigenvalue weighted by Gasteiger charge is 2.33. The third-order valence-corrected chi connectivity index (χ3v) is 6.05. The van der Waals surface area contributed by atoms with Crippen molar-refractivity contribution in [3.05, 3.63) is 12.4 Å². The van der Waals surface area contributed by atoms with E-state index in [9.17, 15) is 8.42 Å². The van der Waals surface area contributed by atoms with Crippen molar-refractivity contribution in [2.45, 2.75) is 43.3 Å². The van der Waals surface area contributed by atoms with E-state index in [1.54, 1.807) is 10.5 Å². The van der Waals surface area contributed by atoms with Crippen molar-refractivity contribution in [2.75, 3.05) is 26.2 Å². The van der Waals surface area contributed by atoms with Crippen LogP contribution in [-0.2, 0) is 10.0 Å². The first-order valence-corrected chi connectivity index (χ1v) is 8.85. The molecule has 112 valence electrons. The maximum atomic E-state index is 12.6. The average molecular weight is 298 g/mol. The minimum Gasteiger partial charge on any atom is -0.334 e. The van der Waals surface area contributed by atoms with E-state index in [0.29, 0.717) is 19.1 Å². The molecule has 0 amide bonds. The van der Waals surface area contributed by atoms with Crippen molar-refractivity contribution in [2.24, 2.45) is 0 Å². The van der Waals surface area contributed by atoms with Gasteiger partial charge in [-0.05, 0) is 38.8 Å². The van der Waals surface area contributed by atoms with Crippen LogP contribution in [0.2, 0.25) is 0 Å². The van der Waals surface area contributed by atoms with Crippen molar-refractivity contribution in [1.82, 2.24) is 19.2 Å². The van der Waals surface area contributed by atoms with Gasteiger partial charge in [0, 0.05) is 31.5 Å². The van der Waals surface area contributed by atoms with Gasteiger partial charge in [-0.25, -0.2) is 13.4 Å². The molecule has 1 N–H and O–H groups in total. The van der Waals surface area contributed by atoms with Crippen LogP contribution in [0.25, 0.3) is 0 Å². The van der Waals surface area contributed by atoms with Gasteiger partial charge in [-0.2, -0.15) is 4.31 Å². The summed E-state index contributed by atoms with van der Waals surface area (Å²) >= 11 is 0. The number of hydrogen-bond acceptors (Lipinski definition) is 4. The predicted molar refractivity (Wildman–Crippen MR) is 75.8 cm³/mol. The molecule has 0 radical (unpaired) electrons. The topological polar surface area (TPSA) is 69.3 Å². The Morgan fingerprint density at radius 1 is 1.15 bits per heavy atom. The van der Waals surface area contributed by atoms with Crippen LogP contribution < -0.4 is 0 Å². The molecule has 1 aromatic rings. The Kier molecular flexibility index (Phi) is 4.09. The molecule has 7 heteroatoms. The molecule has 20 heavy (non-hydrogen) atoms. The summed E-state index contributed by atoms with van der Waals surface area (Å²) in [6.07, 6.45) is 8.66. The highest BCUT2D eigenvalue weighted by atomic mass is 32.2. The molecule has 0 aromatic carbocycles. The summed E-state index contributed by atoms with van der Waals surface area (Å²) in [6, 6.07) is 0.365. The number of nitrogens with zero attached hydrogens (tertiary/aromatic N) is 3. The molecule has 2 saturated heterocycles. The zero-order valence-electron chi connectivity index (χ0n) is 11.7. The molecule has 2 aliphatic heterocycles. The summed E-state index contributed by atoms with van der Waals surface area (Å²) in [4.78, 5) is 9.10. The van der Waals surface area contributed by atoms with Gasteiger partial charge in [0.1, 0.15) is 0 Å². The van der Waals surface area contributed by atoms with Crippen LogP contribution in [0.15, 0.2) is 17.6 Å². The largest absolute Gasteiger partial charge is 0.334 e. The van der Waals surface area contributed by atoms with Crippen LogP contribution in [0.5, 0.6) is 0 Å². The van der Waals surface area contributed by atoms with Gasteiger partial charge >= 0.3 is 0 Å². The van der Waals surface area contributed by atoms with Crippen LogP contribution in [0, 0.1) is 0 Å². The lowest BCUT2D eigenvalue weighted by atomic mass is 10.1. The summed E-state index contributed by atoms with van der Waals surface area (Å²) < 4.78 is 26.8. The molecule has 3 rings (SSSR count). The third kappa shape index (κ3) is 2.75. The Bertz CT molecular complexity index is 523.